The Hall–Kier alpha value is -4.87. The van der Waals surface area contributed by atoms with Crippen LogP contribution in [0.25, 0.3) is 0 Å². The molecule has 19 heteroatoms. The number of Topliss-reactive ketones (excluding diaryl/α,β-unsaturated/α-hetero) is 1. The van der Waals surface area contributed by atoms with E-state index in [2.05, 4.69) is 26.6 Å². The monoisotopic (exact) mass is 837 g/mol. The summed E-state index contributed by atoms with van der Waals surface area (Å²) >= 11 is 12.1. The number of aliphatic carboxylic acids is 1. The molecule has 4 atom stereocenters. The zero-order valence-electron chi connectivity index (χ0n) is 30.9. The second-order valence-electron chi connectivity index (χ2n) is 13.6. The standard InChI is InChI=1S/C37H45Cl2N5O11S/c1-4-8-26(31(46)35(50)40-18-28(45)43-30(37(53)54)20-9-6-5-7-10-20)41-33(48)27(15-19(2)3)42-34(49)29(21-11-13-56(55)14-12-21)44-32(47)22-16-24(38)25(39)17-23(22)36(51)52/h5-7,9-10,16-17,19,21,26-27,29-30H,4,8,11-15,18H2,1-3H3,(H,40,50)(H,41,48)(H,42,49)(H,43,45)(H,44,47)(H,51,52)(H,53,54)/t21?,26-,27+,29+,30+,56?/m1/s1. The number of halogens is 2. The van der Waals surface area contributed by atoms with Crippen LogP contribution in [-0.4, -0.2) is 97.9 Å². The molecule has 3 rings (SSSR count). The van der Waals surface area contributed by atoms with E-state index in [9.17, 15) is 52.8 Å². The normalized spacial score (nSPS) is 17.3. The number of rotatable bonds is 19. The van der Waals surface area contributed by atoms with Gasteiger partial charge in [0.2, 0.25) is 23.5 Å². The van der Waals surface area contributed by atoms with Gasteiger partial charge in [0.05, 0.1) is 33.8 Å². The molecule has 0 unspecified atom stereocenters. The van der Waals surface area contributed by atoms with Crippen LogP contribution in [0.15, 0.2) is 42.5 Å². The molecule has 2 aromatic carbocycles. The number of aromatic carboxylic acids is 1. The summed E-state index contributed by atoms with van der Waals surface area (Å²) in [6.07, 6.45) is 0.946. The number of hydrogen-bond acceptors (Lipinski definition) is 9. The largest absolute Gasteiger partial charge is 0.479 e. The third-order valence-corrected chi connectivity index (χ3v) is 11.0. The van der Waals surface area contributed by atoms with Gasteiger partial charge in [0.15, 0.2) is 6.04 Å². The average Bonchev–Trinajstić information content (AvgIpc) is 3.15. The van der Waals surface area contributed by atoms with Crippen LogP contribution in [0.3, 0.4) is 0 Å². The summed E-state index contributed by atoms with van der Waals surface area (Å²) in [6, 6.07) is 4.54. The lowest BCUT2D eigenvalue weighted by molar-refractivity contribution is -0.142. The van der Waals surface area contributed by atoms with Crippen molar-refractivity contribution in [3.63, 3.8) is 0 Å². The molecule has 304 valence electrons. The summed E-state index contributed by atoms with van der Waals surface area (Å²) in [6.45, 7) is 4.52. The molecule has 0 bridgehead atoms. The van der Waals surface area contributed by atoms with E-state index in [4.69, 9.17) is 23.2 Å². The van der Waals surface area contributed by atoms with Crippen LogP contribution in [0.1, 0.15) is 85.2 Å². The second-order valence-corrected chi connectivity index (χ2v) is 16.1. The fraction of sp³-hybridized carbons (Fsp3) is 0.459. The van der Waals surface area contributed by atoms with Gasteiger partial charge < -0.3 is 36.8 Å². The maximum atomic E-state index is 14.0. The maximum absolute atomic E-state index is 14.0. The summed E-state index contributed by atoms with van der Waals surface area (Å²) in [5, 5.41) is 31.3. The molecule has 1 aliphatic rings. The predicted molar refractivity (Wildman–Crippen MR) is 206 cm³/mol. The van der Waals surface area contributed by atoms with E-state index in [0.717, 1.165) is 12.1 Å². The smallest absolute Gasteiger partial charge is 0.336 e. The first-order valence-corrected chi connectivity index (χ1v) is 20.1. The summed E-state index contributed by atoms with van der Waals surface area (Å²) in [5.41, 5.74) is -0.548. The third kappa shape index (κ3) is 13.1. The van der Waals surface area contributed by atoms with Gasteiger partial charge in [-0.05, 0) is 55.2 Å². The fourth-order valence-electron chi connectivity index (χ4n) is 6.02. The van der Waals surface area contributed by atoms with E-state index in [1.165, 1.54) is 12.1 Å². The van der Waals surface area contributed by atoms with Crippen molar-refractivity contribution in [3.05, 3.63) is 69.2 Å². The van der Waals surface area contributed by atoms with Crippen LogP contribution < -0.4 is 26.6 Å². The van der Waals surface area contributed by atoms with Gasteiger partial charge in [-0.25, -0.2) is 9.59 Å². The molecule has 5 amide bonds. The number of carbonyl (C=O) groups excluding carboxylic acids is 6. The molecular formula is C37H45Cl2N5O11S. The highest BCUT2D eigenvalue weighted by Crippen LogP contribution is 2.27. The Labute approximate surface area is 335 Å². The second kappa shape index (κ2) is 21.4. The van der Waals surface area contributed by atoms with Crippen LogP contribution in [0.5, 0.6) is 0 Å². The van der Waals surface area contributed by atoms with Crippen LogP contribution in [0.4, 0.5) is 0 Å². The Kier molecular flexibility index (Phi) is 17.4. The van der Waals surface area contributed by atoms with Crippen molar-refractivity contribution in [2.24, 2.45) is 11.8 Å². The van der Waals surface area contributed by atoms with Gasteiger partial charge in [-0.1, -0.05) is 80.7 Å². The van der Waals surface area contributed by atoms with Crippen LogP contribution in [-0.2, 0) is 39.6 Å². The van der Waals surface area contributed by atoms with E-state index in [-0.39, 0.29) is 64.3 Å². The molecule has 0 saturated carbocycles. The summed E-state index contributed by atoms with van der Waals surface area (Å²) in [4.78, 5) is 104. The van der Waals surface area contributed by atoms with Gasteiger partial charge in [0.25, 0.3) is 11.8 Å². The minimum atomic E-state index is -1.47. The first-order valence-electron chi connectivity index (χ1n) is 17.8. The number of carbonyl (C=O) groups is 8. The van der Waals surface area contributed by atoms with E-state index in [0.29, 0.717) is 6.42 Å². The van der Waals surface area contributed by atoms with E-state index < -0.39 is 100 Å². The molecule has 7 N–H and O–H groups in total. The number of carboxylic acid groups (broad SMARTS) is 2. The Morgan fingerprint density at radius 3 is 1.96 bits per heavy atom. The van der Waals surface area contributed by atoms with Crippen molar-refractivity contribution in [2.45, 2.75) is 77.0 Å². The van der Waals surface area contributed by atoms with Crippen molar-refractivity contribution in [3.8, 4) is 0 Å². The molecule has 0 radical (unpaired) electrons. The minimum absolute atomic E-state index is 0.00902. The maximum Gasteiger partial charge on any atom is 0.336 e. The Morgan fingerprint density at radius 1 is 0.821 bits per heavy atom. The van der Waals surface area contributed by atoms with Crippen LogP contribution >= 0.6 is 23.2 Å². The summed E-state index contributed by atoms with van der Waals surface area (Å²) < 4.78 is 12.2. The van der Waals surface area contributed by atoms with Crippen LogP contribution in [0, 0.1) is 11.8 Å². The highest BCUT2D eigenvalue weighted by molar-refractivity contribution is 7.85. The lowest BCUT2D eigenvalue weighted by Crippen LogP contribution is -2.59. The van der Waals surface area contributed by atoms with Crippen molar-refractivity contribution >= 4 is 81.3 Å². The molecular weight excluding hydrogens is 793 g/mol. The zero-order chi connectivity index (χ0) is 41.7. The molecule has 0 aliphatic carbocycles. The minimum Gasteiger partial charge on any atom is -0.479 e. The number of benzene rings is 2. The van der Waals surface area contributed by atoms with E-state index in [1.54, 1.807) is 39.0 Å². The van der Waals surface area contributed by atoms with Gasteiger partial charge >= 0.3 is 11.9 Å². The topological polar surface area (TPSA) is 254 Å². The molecule has 1 fully saturated rings. The lowest BCUT2D eigenvalue weighted by Gasteiger charge is -2.32. The van der Waals surface area contributed by atoms with Gasteiger partial charge in [0.1, 0.15) is 12.1 Å². The van der Waals surface area contributed by atoms with Gasteiger partial charge in [0, 0.05) is 22.3 Å². The van der Waals surface area contributed by atoms with E-state index in [1.807, 2.05) is 0 Å². The van der Waals surface area contributed by atoms with E-state index >= 15 is 0 Å². The molecule has 1 saturated heterocycles. The molecule has 2 aromatic rings. The van der Waals surface area contributed by atoms with Crippen LogP contribution in [0.2, 0.25) is 10.0 Å². The molecule has 56 heavy (non-hydrogen) atoms. The SMILES string of the molecule is CCC[C@@H](NC(=O)[C@H](CC(C)C)NC(=O)[C@@H](NC(=O)c1cc(Cl)c(Cl)cc1C(=O)O)C1CCS(=O)CC1)C(=O)C(=O)NCC(=O)N[C@H](C(=O)O)c1ccccc1. The first kappa shape index (κ1) is 45.5. The number of nitrogens with one attached hydrogen (secondary N) is 5. The number of hydrogen-bond donors (Lipinski definition) is 7. The van der Waals surface area contributed by atoms with Crippen molar-refractivity contribution in [1.82, 2.24) is 26.6 Å². The van der Waals surface area contributed by atoms with Crippen molar-refractivity contribution in [2.75, 3.05) is 18.1 Å². The molecule has 1 aliphatic heterocycles. The molecule has 1 heterocycles. The zero-order valence-corrected chi connectivity index (χ0v) is 33.2. The summed E-state index contributed by atoms with van der Waals surface area (Å²) in [5.74, 6) is -8.82. The number of amides is 5. The highest BCUT2D eigenvalue weighted by Gasteiger charge is 2.37. The highest BCUT2D eigenvalue weighted by atomic mass is 35.5. The summed E-state index contributed by atoms with van der Waals surface area (Å²) in [7, 11) is -1.14. The predicted octanol–water partition coefficient (Wildman–Crippen LogP) is 2.39. The van der Waals surface area contributed by atoms with Gasteiger partial charge in [-0.3, -0.25) is 33.0 Å². The van der Waals surface area contributed by atoms with Gasteiger partial charge in [-0.2, -0.15) is 0 Å². The van der Waals surface area contributed by atoms with Crippen molar-refractivity contribution < 1.29 is 52.8 Å². The lowest BCUT2D eigenvalue weighted by atomic mass is 9.91. The number of carboxylic acids is 2. The first-order chi connectivity index (χ1) is 26.4. The Morgan fingerprint density at radius 2 is 1.41 bits per heavy atom. The molecule has 0 spiro atoms. The van der Waals surface area contributed by atoms with Gasteiger partial charge in [-0.15, -0.1) is 0 Å². The Balaban J connectivity index is 1.77. The van der Waals surface area contributed by atoms with Crippen molar-refractivity contribution in [1.29, 1.82) is 0 Å². The molecule has 0 aromatic heterocycles. The quantitative estimate of drug-likeness (QED) is 0.101. The Bertz CT molecular complexity index is 1840. The number of ketones is 1. The fourth-order valence-corrected chi connectivity index (χ4v) is 7.68. The average molecular weight is 839 g/mol. The molecule has 16 nitrogen and oxygen atoms in total. The third-order valence-electron chi connectivity index (χ3n) is 8.88.